The number of nitrogens with zero attached hydrogens (tertiary/aromatic N) is 1. The summed E-state index contributed by atoms with van der Waals surface area (Å²) in [4.78, 5) is 28.0. The number of hydrogen-bond acceptors (Lipinski definition) is 4. The zero-order valence-electron chi connectivity index (χ0n) is 14.9. The Labute approximate surface area is 152 Å². The molecule has 0 spiro atoms. The molecule has 1 aliphatic heterocycles. The Kier molecular flexibility index (Phi) is 4.77. The number of thiophene rings is 1. The van der Waals surface area contributed by atoms with Crippen LogP contribution in [0.5, 0.6) is 0 Å². The van der Waals surface area contributed by atoms with Crippen molar-refractivity contribution in [3.05, 3.63) is 57.4 Å². The van der Waals surface area contributed by atoms with Gasteiger partial charge in [-0.3, -0.25) is 14.5 Å². The number of aryl methyl sites for hydroxylation is 2. The molecule has 3 rings (SSSR count). The fourth-order valence-electron chi connectivity index (χ4n) is 2.96. The highest BCUT2D eigenvalue weighted by molar-refractivity contribution is 7.11. The molecule has 1 N–H and O–H groups in total. The van der Waals surface area contributed by atoms with Crippen LogP contribution in [0.1, 0.15) is 29.9 Å². The molecule has 0 atom stereocenters. The number of benzene rings is 1. The zero-order chi connectivity index (χ0) is 18.1. The second kappa shape index (κ2) is 6.84. The first-order chi connectivity index (χ1) is 11.9. The van der Waals surface area contributed by atoms with E-state index in [2.05, 4.69) is 11.4 Å². The van der Waals surface area contributed by atoms with Crippen molar-refractivity contribution < 1.29 is 9.59 Å². The van der Waals surface area contributed by atoms with Gasteiger partial charge in [0.25, 0.3) is 11.8 Å². The van der Waals surface area contributed by atoms with Crippen LogP contribution in [0.15, 0.2) is 41.4 Å². The number of hydrogen-bond donors (Lipinski definition) is 1. The smallest absolute Gasteiger partial charge is 0.278 e. The highest BCUT2D eigenvalue weighted by atomic mass is 32.1. The number of rotatable bonds is 5. The largest absolute Gasteiger partial charge is 0.350 e. The Bertz CT molecular complexity index is 851. The summed E-state index contributed by atoms with van der Waals surface area (Å²) in [6.07, 6.45) is 0. The monoisotopic (exact) mass is 354 g/mol. The van der Waals surface area contributed by atoms with Gasteiger partial charge in [-0.2, -0.15) is 0 Å². The van der Waals surface area contributed by atoms with E-state index in [0.717, 1.165) is 21.7 Å². The van der Waals surface area contributed by atoms with Crippen molar-refractivity contribution in [3.8, 4) is 0 Å². The van der Waals surface area contributed by atoms with Gasteiger partial charge in [0.05, 0.1) is 5.57 Å². The quantitative estimate of drug-likeness (QED) is 0.818. The van der Waals surface area contributed by atoms with Gasteiger partial charge in [-0.1, -0.05) is 37.6 Å². The lowest BCUT2D eigenvalue weighted by molar-refractivity contribution is -0.137. The van der Waals surface area contributed by atoms with E-state index in [0.29, 0.717) is 17.8 Å². The summed E-state index contributed by atoms with van der Waals surface area (Å²) in [6, 6.07) is 9.78. The van der Waals surface area contributed by atoms with Crippen LogP contribution < -0.4 is 5.32 Å². The Hall–Kier alpha value is -2.40. The normalized spacial score (nSPS) is 14.8. The summed E-state index contributed by atoms with van der Waals surface area (Å²) in [5.74, 6) is -0.242. The molecule has 4 nitrogen and oxygen atoms in total. The fraction of sp³-hybridized carbons (Fsp3) is 0.300. The topological polar surface area (TPSA) is 49.4 Å². The number of amides is 2. The third kappa shape index (κ3) is 3.37. The molecule has 2 aromatic rings. The van der Waals surface area contributed by atoms with Crippen LogP contribution in [-0.2, 0) is 9.59 Å². The molecule has 2 heterocycles. The Morgan fingerprint density at radius 2 is 1.88 bits per heavy atom. The van der Waals surface area contributed by atoms with Gasteiger partial charge >= 0.3 is 0 Å². The summed E-state index contributed by atoms with van der Waals surface area (Å²) >= 11 is 1.47. The van der Waals surface area contributed by atoms with Crippen LogP contribution in [0, 0.1) is 19.8 Å². The Balaban J connectivity index is 2.04. The molecule has 0 radical (unpaired) electrons. The summed E-state index contributed by atoms with van der Waals surface area (Å²) in [6.45, 7) is 8.45. The number of carbonyl (C=O) groups excluding carboxylic acids is 2. The van der Waals surface area contributed by atoms with Crippen LogP contribution in [0.2, 0.25) is 0 Å². The minimum Gasteiger partial charge on any atom is -0.350 e. The lowest BCUT2D eigenvalue weighted by atomic mass is 10.1. The molecule has 25 heavy (non-hydrogen) atoms. The number of anilines is 1. The first kappa shape index (κ1) is 17.4. The van der Waals surface area contributed by atoms with E-state index in [9.17, 15) is 9.59 Å². The van der Waals surface area contributed by atoms with Crippen LogP contribution in [-0.4, -0.2) is 23.3 Å². The minimum absolute atomic E-state index is 0.214. The van der Waals surface area contributed by atoms with Crippen molar-refractivity contribution in [2.24, 2.45) is 5.92 Å². The van der Waals surface area contributed by atoms with Crippen molar-refractivity contribution in [3.63, 3.8) is 0 Å². The van der Waals surface area contributed by atoms with Crippen molar-refractivity contribution >= 4 is 34.4 Å². The van der Waals surface area contributed by atoms with Crippen molar-refractivity contribution in [2.75, 3.05) is 11.9 Å². The Morgan fingerprint density at radius 3 is 2.48 bits per heavy atom. The predicted octanol–water partition coefficient (Wildman–Crippen LogP) is 4.21. The third-order valence-corrected chi connectivity index (χ3v) is 5.01. The number of carbonyl (C=O) groups is 2. The van der Waals surface area contributed by atoms with Gasteiger partial charge in [-0.25, -0.2) is 0 Å². The average Bonchev–Trinajstić information content (AvgIpc) is 3.13. The van der Waals surface area contributed by atoms with E-state index >= 15 is 0 Å². The number of nitrogens with one attached hydrogen (secondary N) is 1. The Morgan fingerprint density at radius 1 is 1.12 bits per heavy atom. The second-order valence-corrected chi connectivity index (χ2v) is 7.73. The molecular formula is C20H22N2O2S. The van der Waals surface area contributed by atoms with Crippen LogP contribution in [0.25, 0.3) is 5.57 Å². The summed E-state index contributed by atoms with van der Waals surface area (Å²) in [7, 11) is 0. The fourth-order valence-corrected chi connectivity index (χ4v) is 3.73. The molecule has 2 amide bonds. The summed E-state index contributed by atoms with van der Waals surface area (Å²) < 4.78 is 0. The highest BCUT2D eigenvalue weighted by Gasteiger charge is 2.39. The van der Waals surface area contributed by atoms with Gasteiger partial charge in [0.1, 0.15) is 5.70 Å². The van der Waals surface area contributed by atoms with Crippen molar-refractivity contribution in [1.29, 1.82) is 0 Å². The molecule has 1 aromatic heterocycles. The molecular weight excluding hydrogens is 332 g/mol. The molecule has 5 heteroatoms. The lowest BCUT2D eigenvalue weighted by Gasteiger charge is -2.17. The van der Waals surface area contributed by atoms with E-state index < -0.39 is 0 Å². The molecule has 0 saturated heterocycles. The molecule has 130 valence electrons. The van der Waals surface area contributed by atoms with Gasteiger partial charge in [-0.05, 0) is 42.8 Å². The zero-order valence-corrected chi connectivity index (χ0v) is 15.7. The van der Waals surface area contributed by atoms with Crippen LogP contribution in [0.4, 0.5) is 5.69 Å². The standard InChI is InChI=1S/C20H22N2O2S/c1-12(2)11-22-19(23)17(16-6-5-9-25-16)18(20(22)24)21-15-8-7-13(3)10-14(15)4/h5-10,12,21H,11H2,1-4H3. The average molecular weight is 354 g/mol. The molecule has 0 aliphatic carbocycles. The van der Waals surface area contributed by atoms with Gasteiger partial charge in [0, 0.05) is 17.1 Å². The van der Waals surface area contributed by atoms with Gasteiger partial charge in [0.2, 0.25) is 0 Å². The third-order valence-electron chi connectivity index (χ3n) is 4.12. The molecule has 0 fully saturated rings. The predicted molar refractivity (Wildman–Crippen MR) is 102 cm³/mol. The van der Waals surface area contributed by atoms with Crippen LogP contribution >= 0.6 is 11.3 Å². The van der Waals surface area contributed by atoms with Gasteiger partial charge < -0.3 is 5.32 Å². The summed E-state index contributed by atoms with van der Waals surface area (Å²) in [5, 5.41) is 5.15. The molecule has 0 unspecified atom stereocenters. The molecule has 0 saturated carbocycles. The lowest BCUT2D eigenvalue weighted by Crippen LogP contribution is -2.35. The van der Waals surface area contributed by atoms with Crippen molar-refractivity contribution in [2.45, 2.75) is 27.7 Å². The molecule has 1 aliphatic rings. The SMILES string of the molecule is Cc1ccc(NC2=C(c3cccs3)C(=O)N(CC(C)C)C2=O)c(C)c1. The second-order valence-electron chi connectivity index (χ2n) is 6.79. The van der Waals surface area contributed by atoms with E-state index in [4.69, 9.17) is 0 Å². The molecule has 0 bridgehead atoms. The maximum absolute atomic E-state index is 12.9. The molecule has 1 aromatic carbocycles. The number of imide groups is 1. The highest BCUT2D eigenvalue weighted by Crippen LogP contribution is 2.33. The van der Waals surface area contributed by atoms with Crippen molar-refractivity contribution in [1.82, 2.24) is 4.90 Å². The van der Waals surface area contributed by atoms with Gasteiger partial charge in [-0.15, -0.1) is 11.3 Å². The maximum Gasteiger partial charge on any atom is 0.278 e. The van der Waals surface area contributed by atoms with E-state index in [1.54, 1.807) is 0 Å². The van der Waals surface area contributed by atoms with Crippen LogP contribution in [0.3, 0.4) is 0 Å². The van der Waals surface area contributed by atoms with E-state index in [-0.39, 0.29) is 17.7 Å². The van der Waals surface area contributed by atoms with E-state index in [1.165, 1.54) is 16.2 Å². The first-order valence-corrected chi connectivity index (χ1v) is 9.25. The summed E-state index contributed by atoms with van der Waals surface area (Å²) in [5.41, 5.74) is 3.90. The maximum atomic E-state index is 12.9. The minimum atomic E-state index is -0.248. The van der Waals surface area contributed by atoms with Gasteiger partial charge in [0.15, 0.2) is 0 Å². The van der Waals surface area contributed by atoms with E-state index in [1.807, 2.05) is 57.3 Å². The first-order valence-electron chi connectivity index (χ1n) is 8.37.